The van der Waals surface area contributed by atoms with Gasteiger partial charge in [0, 0.05) is 18.1 Å². The van der Waals surface area contributed by atoms with Gasteiger partial charge in [-0.3, -0.25) is 4.79 Å². The van der Waals surface area contributed by atoms with E-state index >= 15 is 0 Å². The molecule has 0 aliphatic carbocycles. The quantitative estimate of drug-likeness (QED) is 0.720. The molecule has 0 aliphatic rings. The molecule has 1 rings (SSSR count). The second-order valence-corrected chi connectivity index (χ2v) is 3.96. The number of nitrogens with one attached hydrogen (secondary N) is 1. The minimum atomic E-state index is -1.22. The first-order valence-electron chi connectivity index (χ1n) is 5.14. The van der Waals surface area contributed by atoms with Crippen LogP contribution in [0, 0.1) is 5.82 Å². The van der Waals surface area contributed by atoms with Gasteiger partial charge in [-0.2, -0.15) is 0 Å². The van der Waals surface area contributed by atoms with Crippen LogP contribution in [-0.2, 0) is 11.2 Å². The van der Waals surface area contributed by atoms with Crippen LogP contribution in [0.2, 0.25) is 5.02 Å². The van der Waals surface area contributed by atoms with E-state index < -0.39 is 12.0 Å². The van der Waals surface area contributed by atoms with Crippen LogP contribution in [-0.4, -0.2) is 30.2 Å². The van der Waals surface area contributed by atoms with Crippen LogP contribution in [0.15, 0.2) is 18.2 Å². The lowest BCUT2D eigenvalue weighted by atomic mass is 10.1. The normalized spacial score (nSPS) is 12.2. The fourth-order valence-electron chi connectivity index (χ4n) is 1.28. The van der Waals surface area contributed by atoms with Crippen molar-refractivity contribution in [2.45, 2.75) is 12.5 Å². The van der Waals surface area contributed by atoms with Crippen LogP contribution in [0.4, 0.5) is 4.39 Å². The standard InChI is InChI=1S/C11H14ClFN2O2/c12-8-1-2-9(13)7(5-8)3-4-15-11(17)10(16)6-14/h1-2,5,10,16H,3-4,6,14H2,(H,15,17). The molecule has 6 heteroatoms. The van der Waals surface area contributed by atoms with Crippen molar-refractivity contribution < 1.29 is 14.3 Å². The van der Waals surface area contributed by atoms with Crippen molar-refractivity contribution in [3.05, 3.63) is 34.6 Å². The SMILES string of the molecule is NCC(O)C(=O)NCCc1cc(Cl)ccc1F. The molecule has 4 nitrogen and oxygen atoms in total. The molecule has 0 bridgehead atoms. The predicted octanol–water partition coefficient (Wildman–Crippen LogP) is 0.457. The smallest absolute Gasteiger partial charge is 0.250 e. The number of carbonyl (C=O) groups excluding carboxylic acids is 1. The van der Waals surface area contributed by atoms with E-state index in [9.17, 15) is 9.18 Å². The molecule has 1 amide bonds. The van der Waals surface area contributed by atoms with Crippen molar-refractivity contribution in [1.82, 2.24) is 5.32 Å². The summed E-state index contributed by atoms with van der Waals surface area (Å²) in [6.07, 6.45) is -0.922. The highest BCUT2D eigenvalue weighted by Gasteiger charge is 2.12. The molecule has 1 aromatic rings. The third kappa shape index (κ3) is 4.30. The van der Waals surface area contributed by atoms with E-state index in [1.54, 1.807) is 0 Å². The van der Waals surface area contributed by atoms with Crippen molar-refractivity contribution in [1.29, 1.82) is 0 Å². The molecular weight excluding hydrogens is 247 g/mol. The summed E-state index contributed by atoms with van der Waals surface area (Å²) in [5.74, 6) is -0.932. The summed E-state index contributed by atoms with van der Waals surface area (Å²) in [7, 11) is 0. The molecular formula is C11H14ClFN2O2. The maximum absolute atomic E-state index is 13.3. The highest BCUT2D eigenvalue weighted by atomic mass is 35.5. The van der Waals surface area contributed by atoms with Gasteiger partial charge in [-0.15, -0.1) is 0 Å². The molecule has 0 saturated carbocycles. The molecule has 0 heterocycles. The van der Waals surface area contributed by atoms with Crippen LogP contribution < -0.4 is 11.1 Å². The van der Waals surface area contributed by atoms with E-state index in [0.29, 0.717) is 17.0 Å². The van der Waals surface area contributed by atoms with Gasteiger partial charge < -0.3 is 16.2 Å². The van der Waals surface area contributed by atoms with Crippen molar-refractivity contribution in [2.75, 3.05) is 13.1 Å². The van der Waals surface area contributed by atoms with Crippen LogP contribution in [0.5, 0.6) is 0 Å². The molecule has 0 aliphatic heterocycles. The molecule has 0 aromatic heterocycles. The lowest BCUT2D eigenvalue weighted by Crippen LogP contribution is -2.40. The van der Waals surface area contributed by atoms with Gasteiger partial charge in [0.2, 0.25) is 5.91 Å². The average molecular weight is 261 g/mol. The van der Waals surface area contributed by atoms with E-state index in [0.717, 1.165) is 0 Å². The zero-order valence-corrected chi connectivity index (χ0v) is 9.88. The number of nitrogens with two attached hydrogens (primary N) is 1. The van der Waals surface area contributed by atoms with Gasteiger partial charge >= 0.3 is 0 Å². The Bertz CT molecular complexity index is 401. The Morgan fingerprint density at radius 1 is 1.59 bits per heavy atom. The minimum absolute atomic E-state index is 0.142. The predicted molar refractivity (Wildman–Crippen MR) is 63.2 cm³/mol. The van der Waals surface area contributed by atoms with Gasteiger partial charge in [0.25, 0.3) is 0 Å². The van der Waals surface area contributed by atoms with E-state index in [1.165, 1.54) is 18.2 Å². The Kier molecular flexibility index (Phi) is 5.34. The molecule has 17 heavy (non-hydrogen) atoms. The second-order valence-electron chi connectivity index (χ2n) is 3.53. The zero-order chi connectivity index (χ0) is 12.8. The number of halogens is 2. The van der Waals surface area contributed by atoms with E-state index in [-0.39, 0.29) is 18.9 Å². The summed E-state index contributed by atoms with van der Waals surface area (Å²) in [4.78, 5) is 11.2. The largest absolute Gasteiger partial charge is 0.382 e. The van der Waals surface area contributed by atoms with Gasteiger partial charge in [-0.25, -0.2) is 4.39 Å². The number of aliphatic hydroxyl groups excluding tert-OH is 1. The van der Waals surface area contributed by atoms with Crippen LogP contribution in [0.25, 0.3) is 0 Å². The maximum Gasteiger partial charge on any atom is 0.250 e. The molecule has 1 aromatic carbocycles. The number of rotatable bonds is 5. The third-order valence-electron chi connectivity index (χ3n) is 2.23. The topological polar surface area (TPSA) is 75.3 Å². The lowest BCUT2D eigenvalue weighted by Gasteiger charge is -2.09. The first kappa shape index (κ1) is 13.9. The van der Waals surface area contributed by atoms with E-state index in [2.05, 4.69) is 5.32 Å². The Morgan fingerprint density at radius 2 is 2.29 bits per heavy atom. The summed E-state index contributed by atoms with van der Waals surface area (Å²) in [5, 5.41) is 12.0. The number of amides is 1. The van der Waals surface area contributed by atoms with Gasteiger partial charge in [0.1, 0.15) is 11.9 Å². The molecule has 94 valence electrons. The van der Waals surface area contributed by atoms with E-state index in [4.69, 9.17) is 22.4 Å². The fraction of sp³-hybridized carbons (Fsp3) is 0.364. The first-order valence-corrected chi connectivity index (χ1v) is 5.52. The van der Waals surface area contributed by atoms with Crippen LogP contribution in [0.1, 0.15) is 5.56 Å². The summed E-state index contributed by atoms with van der Waals surface area (Å²) in [5.41, 5.74) is 5.53. The highest BCUT2D eigenvalue weighted by Crippen LogP contribution is 2.14. The van der Waals surface area contributed by atoms with Gasteiger partial charge in [-0.05, 0) is 30.2 Å². The van der Waals surface area contributed by atoms with Gasteiger partial charge in [0.15, 0.2) is 0 Å². The number of carbonyl (C=O) groups is 1. The zero-order valence-electron chi connectivity index (χ0n) is 9.12. The highest BCUT2D eigenvalue weighted by molar-refractivity contribution is 6.30. The maximum atomic E-state index is 13.3. The molecule has 1 unspecified atom stereocenters. The summed E-state index contributed by atoms with van der Waals surface area (Å²) < 4.78 is 13.3. The second kappa shape index (κ2) is 6.54. The minimum Gasteiger partial charge on any atom is -0.382 e. The van der Waals surface area contributed by atoms with Gasteiger partial charge in [0.05, 0.1) is 0 Å². The number of benzene rings is 1. The van der Waals surface area contributed by atoms with Crippen LogP contribution in [0.3, 0.4) is 0 Å². The number of aliphatic hydroxyl groups is 1. The lowest BCUT2D eigenvalue weighted by molar-refractivity contribution is -0.128. The van der Waals surface area contributed by atoms with Crippen molar-refractivity contribution >= 4 is 17.5 Å². The number of hydrogen-bond donors (Lipinski definition) is 3. The van der Waals surface area contributed by atoms with Crippen molar-refractivity contribution in [3.63, 3.8) is 0 Å². The number of hydrogen-bond acceptors (Lipinski definition) is 3. The summed E-state index contributed by atoms with van der Waals surface area (Å²) in [6.45, 7) is 0.0739. The third-order valence-corrected chi connectivity index (χ3v) is 2.46. The Labute approximate surface area is 104 Å². The summed E-state index contributed by atoms with van der Waals surface area (Å²) >= 11 is 5.72. The van der Waals surface area contributed by atoms with Crippen molar-refractivity contribution in [2.24, 2.45) is 5.73 Å². The molecule has 0 radical (unpaired) electrons. The Balaban J connectivity index is 2.46. The molecule has 4 N–H and O–H groups in total. The van der Waals surface area contributed by atoms with Crippen molar-refractivity contribution in [3.8, 4) is 0 Å². The van der Waals surface area contributed by atoms with Crippen LogP contribution >= 0.6 is 11.6 Å². The molecule has 0 fully saturated rings. The first-order chi connectivity index (χ1) is 8.04. The Hall–Kier alpha value is -1.17. The fourth-order valence-corrected chi connectivity index (χ4v) is 1.47. The molecule has 0 saturated heterocycles. The Morgan fingerprint density at radius 3 is 2.94 bits per heavy atom. The average Bonchev–Trinajstić information content (AvgIpc) is 2.32. The van der Waals surface area contributed by atoms with Gasteiger partial charge in [-0.1, -0.05) is 11.6 Å². The summed E-state index contributed by atoms with van der Waals surface area (Å²) in [6, 6.07) is 4.23. The molecule has 1 atom stereocenters. The van der Waals surface area contributed by atoms with E-state index in [1.807, 2.05) is 0 Å². The molecule has 0 spiro atoms. The monoisotopic (exact) mass is 260 g/mol.